The third-order valence-corrected chi connectivity index (χ3v) is 2.89. The lowest BCUT2D eigenvalue weighted by Crippen LogP contribution is -2.26. The van der Waals surface area contributed by atoms with Gasteiger partial charge in [-0.3, -0.25) is 4.79 Å². The Labute approximate surface area is 109 Å². The Kier molecular flexibility index (Phi) is 4.96. The number of carbonyl (C=O) groups excluding carboxylic acids is 1. The molecule has 0 saturated carbocycles. The Morgan fingerprint density at radius 3 is 2.71 bits per heavy atom. The number of halogens is 1. The van der Waals surface area contributed by atoms with Gasteiger partial charge in [-0.2, -0.15) is 0 Å². The summed E-state index contributed by atoms with van der Waals surface area (Å²) in [5.41, 5.74) is 5.84. The van der Waals surface area contributed by atoms with Crippen molar-refractivity contribution in [3.63, 3.8) is 0 Å². The average Bonchev–Trinajstić information content (AvgIpc) is 2.25. The van der Waals surface area contributed by atoms with Gasteiger partial charge >= 0.3 is 0 Å². The molecule has 1 amide bonds. The van der Waals surface area contributed by atoms with Gasteiger partial charge < -0.3 is 15.6 Å². The van der Waals surface area contributed by atoms with Crippen LogP contribution in [-0.2, 0) is 4.79 Å². The van der Waals surface area contributed by atoms with E-state index in [-0.39, 0.29) is 12.5 Å². The van der Waals surface area contributed by atoms with Crippen LogP contribution in [0, 0.1) is 5.92 Å². The van der Waals surface area contributed by atoms with Crippen LogP contribution < -0.4 is 10.5 Å². The molecule has 3 N–H and O–H groups in total. The minimum absolute atomic E-state index is 0.200. The van der Waals surface area contributed by atoms with Crippen molar-refractivity contribution in [2.75, 3.05) is 6.61 Å². The SMILES string of the molecule is CC(COc1cc(Br)ccc1[C@@H](C)O)C(N)=O. The maximum Gasteiger partial charge on any atom is 0.223 e. The molecule has 0 aliphatic rings. The zero-order valence-corrected chi connectivity index (χ0v) is 11.4. The fourth-order valence-corrected chi connectivity index (χ4v) is 1.62. The lowest BCUT2D eigenvalue weighted by Gasteiger charge is -2.15. The van der Waals surface area contributed by atoms with Crippen molar-refractivity contribution in [2.24, 2.45) is 11.7 Å². The molecule has 2 atom stereocenters. The number of nitrogens with two attached hydrogens (primary N) is 1. The highest BCUT2D eigenvalue weighted by Gasteiger charge is 2.13. The Morgan fingerprint density at radius 1 is 1.53 bits per heavy atom. The largest absolute Gasteiger partial charge is 0.492 e. The molecule has 5 heteroatoms. The number of carbonyl (C=O) groups is 1. The molecule has 4 nitrogen and oxygen atoms in total. The smallest absolute Gasteiger partial charge is 0.223 e. The molecule has 17 heavy (non-hydrogen) atoms. The highest BCUT2D eigenvalue weighted by atomic mass is 79.9. The normalized spacial score (nSPS) is 14.1. The van der Waals surface area contributed by atoms with Crippen LogP contribution in [0.3, 0.4) is 0 Å². The van der Waals surface area contributed by atoms with Gasteiger partial charge in [-0.1, -0.05) is 28.9 Å². The van der Waals surface area contributed by atoms with Crippen LogP contribution in [0.1, 0.15) is 25.5 Å². The second-order valence-corrected chi connectivity index (χ2v) is 4.89. The van der Waals surface area contributed by atoms with Gasteiger partial charge in [-0.25, -0.2) is 0 Å². The van der Waals surface area contributed by atoms with Gasteiger partial charge in [0.2, 0.25) is 5.91 Å². The summed E-state index contributed by atoms with van der Waals surface area (Å²) in [4.78, 5) is 10.9. The van der Waals surface area contributed by atoms with Crippen LogP contribution in [0.5, 0.6) is 5.75 Å². The summed E-state index contributed by atoms with van der Waals surface area (Å²) >= 11 is 3.33. The fraction of sp³-hybridized carbons (Fsp3) is 0.417. The number of aliphatic hydroxyl groups is 1. The summed E-state index contributed by atoms with van der Waals surface area (Å²) in [6.07, 6.45) is -0.623. The quantitative estimate of drug-likeness (QED) is 0.874. The summed E-state index contributed by atoms with van der Waals surface area (Å²) in [6, 6.07) is 5.36. The molecular weight excluding hydrogens is 286 g/mol. The van der Waals surface area contributed by atoms with E-state index in [1.54, 1.807) is 26.0 Å². The number of rotatable bonds is 5. The first-order valence-corrected chi connectivity index (χ1v) is 6.10. The first kappa shape index (κ1) is 14.0. The second kappa shape index (κ2) is 6.02. The highest BCUT2D eigenvalue weighted by Crippen LogP contribution is 2.28. The monoisotopic (exact) mass is 301 g/mol. The minimum Gasteiger partial charge on any atom is -0.492 e. The number of hydrogen-bond acceptors (Lipinski definition) is 3. The fourth-order valence-electron chi connectivity index (χ4n) is 1.28. The molecular formula is C12H16BrNO3. The van der Waals surface area contributed by atoms with E-state index in [2.05, 4.69) is 15.9 Å². The van der Waals surface area contributed by atoms with E-state index in [1.165, 1.54) is 0 Å². The van der Waals surface area contributed by atoms with Crippen LogP contribution in [-0.4, -0.2) is 17.6 Å². The van der Waals surface area contributed by atoms with Crippen molar-refractivity contribution < 1.29 is 14.6 Å². The molecule has 1 aromatic rings. The molecule has 0 bridgehead atoms. The van der Waals surface area contributed by atoms with Gasteiger partial charge in [0.25, 0.3) is 0 Å². The summed E-state index contributed by atoms with van der Waals surface area (Å²) in [6.45, 7) is 3.56. The van der Waals surface area contributed by atoms with Crippen LogP contribution in [0.15, 0.2) is 22.7 Å². The number of amides is 1. The van der Waals surface area contributed by atoms with E-state index in [0.29, 0.717) is 11.3 Å². The average molecular weight is 302 g/mol. The Balaban J connectivity index is 2.82. The van der Waals surface area contributed by atoms with E-state index in [9.17, 15) is 9.90 Å². The van der Waals surface area contributed by atoms with Crippen molar-refractivity contribution in [2.45, 2.75) is 20.0 Å². The van der Waals surface area contributed by atoms with Gasteiger partial charge in [0, 0.05) is 10.0 Å². The van der Waals surface area contributed by atoms with E-state index in [0.717, 1.165) is 4.47 Å². The molecule has 0 saturated heterocycles. The number of primary amides is 1. The van der Waals surface area contributed by atoms with Gasteiger partial charge in [0.15, 0.2) is 0 Å². The van der Waals surface area contributed by atoms with Crippen LogP contribution in [0.4, 0.5) is 0 Å². The molecule has 0 aliphatic heterocycles. The summed E-state index contributed by atoms with van der Waals surface area (Å²) in [7, 11) is 0. The molecule has 0 spiro atoms. The molecule has 94 valence electrons. The third kappa shape index (κ3) is 4.02. The Morgan fingerprint density at radius 2 is 2.18 bits per heavy atom. The lowest BCUT2D eigenvalue weighted by atomic mass is 10.1. The van der Waals surface area contributed by atoms with Gasteiger partial charge in [-0.15, -0.1) is 0 Å². The third-order valence-electron chi connectivity index (χ3n) is 2.40. The summed E-state index contributed by atoms with van der Waals surface area (Å²) in [5.74, 6) is -0.211. The standard InChI is InChI=1S/C12H16BrNO3/c1-7(12(14)16)6-17-11-5-9(13)3-4-10(11)8(2)15/h3-5,7-8,15H,6H2,1-2H3,(H2,14,16)/t7?,8-/m1/s1. The van der Waals surface area contributed by atoms with Crippen LogP contribution in [0.25, 0.3) is 0 Å². The zero-order chi connectivity index (χ0) is 13.0. The van der Waals surface area contributed by atoms with E-state index in [4.69, 9.17) is 10.5 Å². The highest BCUT2D eigenvalue weighted by molar-refractivity contribution is 9.10. The molecule has 0 heterocycles. The molecule has 1 rings (SSSR count). The zero-order valence-electron chi connectivity index (χ0n) is 9.81. The number of aliphatic hydroxyl groups excluding tert-OH is 1. The molecule has 1 aromatic carbocycles. The maximum absolute atomic E-state index is 10.9. The van der Waals surface area contributed by atoms with Gasteiger partial charge in [0.1, 0.15) is 5.75 Å². The van der Waals surface area contributed by atoms with E-state index >= 15 is 0 Å². The summed E-state index contributed by atoms with van der Waals surface area (Å²) in [5, 5.41) is 9.58. The summed E-state index contributed by atoms with van der Waals surface area (Å²) < 4.78 is 6.36. The van der Waals surface area contributed by atoms with Crippen molar-refractivity contribution >= 4 is 21.8 Å². The first-order valence-electron chi connectivity index (χ1n) is 5.31. The molecule has 0 aliphatic carbocycles. The van der Waals surface area contributed by atoms with Crippen LogP contribution in [0.2, 0.25) is 0 Å². The number of ether oxygens (including phenoxy) is 1. The van der Waals surface area contributed by atoms with E-state index in [1.807, 2.05) is 6.07 Å². The number of hydrogen-bond donors (Lipinski definition) is 2. The molecule has 0 aromatic heterocycles. The topological polar surface area (TPSA) is 72.6 Å². The lowest BCUT2D eigenvalue weighted by molar-refractivity contribution is -0.122. The van der Waals surface area contributed by atoms with Crippen molar-refractivity contribution in [3.05, 3.63) is 28.2 Å². The molecule has 0 fully saturated rings. The second-order valence-electron chi connectivity index (χ2n) is 3.97. The maximum atomic E-state index is 10.9. The van der Waals surface area contributed by atoms with Crippen molar-refractivity contribution in [3.8, 4) is 5.75 Å². The van der Waals surface area contributed by atoms with Gasteiger partial charge in [0.05, 0.1) is 18.6 Å². The predicted octanol–water partition coefficient (Wildman–Crippen LogP) is 2.00. The predicted molar refractivity (Wildman–Crippen MR) is 68.6 cm³/mol. The Hall–Kier alpha value is -1.07. The molecule has 0 radical (unpaired) electrons. The van der Waals surface area contributed by atoms with Crippen molar-refractivity contribution in [1.29, 1.82) is 0 Å². The van der Waals surface area contributed by atoms with Crippen molar-refractivity contribution in [1.82, 2.24) is 0 Å². The minimum atomic E-state index is -0.623. The van der Waals surface area contributed by atoms with Gasteiger partial charge in [-0.05, 0) is 19.1 Å². The first-order chi connectivity index (χ1) is 7.91. The van der Waals surface area contributed by atoms with Crippen LogP contribution >= 0.6 is 15.9 Å². The molecule has 1 unspecified atom stereocenters. The Bertz CT molecular complexity index is 407. The number of benzene rings is 1. The van der Waals surface area contributed by atoms with E-state index < -0.39 is 12.0 Å².